The smallest absolute Gasteiger partial charge is 0.325 e. The Hall–Kier alpha value is -3.55. The van der Waals surface area contributed by atoms with Crippen molar-refractivity contribution in [3.63, 3.8) is 0 Å². The summed E-state index contributed by atoms with van der Waals surface area (Å²) < 4.78 is 10.8. The highest BCUT2D eigenvalue weighted by atomic mass is 16.5. The number of amides is 4. The molecule has 1 unspecified atom stereocenters. The van der Waals surface area contributed by atoms with Gasteiger partial charge in [-0.05, 0) is 53.6 Å². The number of hydrogen-bond acceptors (Lipinski definition) is 5. The fraction of sp³-hybridized carbons (Fsp3) is 0.400. The fourth-order valence-electron chi connectivity index (χ4n) is 5.18. The molecule has 2 aromatic rings. The lowest BCUT2D eigenvalue weighted by Crippen LogP contribution is -2.51. The first-order valence-electron chi connectivity index (χ1n) is 11.2. The molecule has 1 fully saturated rings. The number of rotatable bonds is 4. The Labute approximate surface area is 192 Å². The molecule has 2 aromatic carbocycles. The van der Waals surface area contributed by atoms with Gasteiger partial charge in [-0.15, -0.1) is 0 Å². The molecule has 0 saturated carbocycles. The minimum atomic E-state index is -0.954. The van der Waals surface area contributed by atoms with Crippen molar-refractivity contribution in [2.45, 2.75) is 37.8 Å². The zero-order valence-electron chi connectivity index (χ0n) is 18.8. The Morgan fingerprint density at radius 2 is 1.70 bits per heavy atom. The number of urea groups is 1. The quantitative estimate of drug-likeness (QED) is 0.722. The highest BCUT2D eigenvalue weighted by molar-refractivity contribution is 6.09. The number of hydrogen-bond donors (Lipinski definition) is 1. The number of methoxy groups -OCH3 is 2. The summed E-state index contributed by atoms with van der Waals surface area (Å²) in [6.45, 7) is 0.664. The Morgan fingerprint density at radius 3 is 2.42 bits per heavy atom. The van der Waals surface area contributed by atoms with Gasteiger partial charge in [0.05, 0.1) is 14.2 Å². The van der Waals surface area contributed by atoms with E-state index >= 15 is 0 Å². The van der Waals surface area contributed by atoms with Crippen molar-refractivity contribution >= 4 is 17.8 Å². The normalized spacial score (nSPS) is 21.5. The molecule has 8 nitrogen and oxygen atoms in total. The third-order valence-electron chi connectivity index (χ3n) is 7.04. The van der Waals surface area contributed by atoms with Crippen molar-refractivity contribution in [3.8, 4) is 11.5 Å². The SMILES string of the molecule is COc1cc2c(cc1OC)CN(C(=O)CN1C(=O)NC3(CCc4ccccc4C3)C1=O)CC2. The second-order valence-corrected chi connectivity index (χ2v) is 8.89. The molecule has 33 heavy (non-hydrogen) atoms. The standard InChI is InChI=1S/C25H27N3O5/c1-32-20-11-17-8-10-27(14-19(17)12-21(20)33-2)22(29)15-28-23(30)25(26-24(28)31)9-7-16-5-3-4-6-18(16)13-25/h3-6,11-12H,7-10,13-15H2,1-2H3,(H,26,31). The van der Waals surface area contributed by atoms with Crippen LogP contribution in [0.5, 0.6) is 11.5 Å². The summed E-state index contributed by atoms with van der Waals surface area (Å²) in [5.41, 5.74) is 3.40. The molecule has 0 radical (unpaired) electrons. The van der Waals surface area contributed by atoms with Crippen molar-refractivity contribution in [1.29, 1.82) is 0 Å². The number of carbonyl (C=O) groups excluding carboxylic acids is 3. The molecule has 172 valence electrons. The third-order valence-corrected chi connectivity index (χ3v) is 7.04. The molecule has 5 rings (SSSR count). The molecule has 2 aliphatic heterocycles. The van der Waals surface area contributed by atoms with Crippen molar-refractivity contribution in [2.24, 2.45) is 0 Å². The van der Waals surface area contributed by atoms with Gasteiger partial charge in [0.1, 0.15) is 12.1 Å². The van der Waals surface area contributed by atoms with E-state index in [1.165, 1.54) is 5.56 Å². The number of nitrogens with zero attached hydrogens (tertiary/aromatic N) is 2. The number of nitrogens with one attached hydrogen (secondary N) is 1. The van der Waals surface area contributed by atoms with Crippen LogP contribution in [-0.2, 0) is 35.4 Å². The maximum absolute atomic E-state index is 13.3. The molecule has 1 aliphatic carbocycles. The van der Waals surface area contributed by atoms with Gasteiger partial charge in [-0.3, -0.25) is 14.5 Å². The molecule has 1 saturated heterocycles. The van der Waals surface area contributed by atoms with Crippen molar-refractivity contribution in [2.75, 3.05) is 27.3 Å². The minimum Gasteiger partial charge on any atom is -0.493 e. The lowest BCUT2D eigenvalue weighted by molar-refractivity contribution is -0.139. The zero-order valence-corrected chi connectivity index (χ0v) is 18.8. The molecular formula is C25H27N3O5. The van der Waals surface area contributed by atoms with E-state index in [-0.39, 0.29) is 18.4 Å². The van der Waals surface area contributed by atoms with E-state index in [0.29, 0.717) is 43.9 Å². The second-order valence-electron chi connectivity index (χ2n) is 8.89. The Kier molecular flexibility index (Phi) is 5.23. The van der Waals surface area contributed by atoms with Crippen LogP contribution in [0, 0.1) is 0 Å². The summed E-state index contributed by atoms with van der Waals surface area (Å²) in [4.78, 5) is 41.9. The van der Waals surface area contributed by atoms with Crippen LogP contribution < -0.4 is 14.8 Å². The second kappa shape index (κ2) is 8.10. The zero-order chi connectivity index (χ0) is 23.2. The minimum absolute atomic E-state index is 0.243. The summed E-state index contributed by atoms with van der Waals surface area (Å²) in [7, 11) is 3.17. The molecule has 1 spiro atoms. The van der Waals surface area contributed by atoms with E-state index in [1.54, 1.807) is 19.1 Å². The van der Waals surface area contributed by atoms with Gasteiger partial charge in [-0.2, -0.15) is 0 Å². The van der Waals surface area contributed by atoms with Gasteiger partial charge in [-0.1, -0.05) is 24.3 Å². The van der Waals surface area contributed by atoms with Crippen LogP contribution in [0.1, 0.15) is 28.7 Å². The number of carbonyl (C=O) groups is 3. The topological polar surface area (TPSA) is 88.2 Å². The van der Waals surface area contributed by atoms with E-state index in [9.17, 15) is 14.4 Å². The van der Waals surface area contributed by atoms with Crippen molar-refractivity contribution in [3.05, 3.63) is 58.7 Å². The predicted octanol–water partition coefficient (Wildman–Crippen LogP) is 2.07. The first-order chi connectivity index (χ1) is 15.9. The molecule has 1 N–H and O–H groups in total. The molecule has 0 aromatic heterocycles. The van der Waals surface area contributed by atoms with E-state index in [1.807, 2.05) is 30.3 Å². The average molecular weight is 450 g/mol. The van der Waals surface area contributed by atoms with E-state index < -0.39 is 11.6 Å². The lowest BCUT2D eigenvalue weighted by Gasteiger charge is -2.33. The molecule has 3 aliphatic rings. The lowest BCUT2D eigenvalue weighted by atomic mass is 9.78. The first kappa shape index (κ1) is 21.3. The van der Waals surface area contributed by atoms with Crippen molar-refractivity contribution < 1.29 is 23.9 Å². The van der Waals surface area contributed by atoms with Gasteiger partial charge in [0, 0.05) is 19.5 Å². The maximum atomic E-state index is 13.3. The van der Waals surface area contributed by atoms with Gasteiger partial charge in [0.15, 0.2) is 11.5 Å². The summed E-state index contributed by atoms with van der Waals surface area (Å²) in [6, 6.07) is 11.3. The fourth-order valence-corrected chi connectivity index (χ4v) is 5.18. The summed E-state index contributed by atoms with van der Waals surface area (Å²) in [5, 5.41) is 2.90. The van der Waals surface area contributed by atoms with E-state index in [0.717, 1.165) is 28.0 Å². The number of aryl methyl sites for hydroxylation is 1. The monoisotopic (exact) mass is 449 g/mol. The van der Waals surface area contributed by atoms with E-state index in [2.05, 4.69) is 11.4 Å². The molecule has 4 amide bonds. The van der Waals surface area contributed by atoms with Gasteiger partial charge in [-0.25, -0.2) is 4.79 Å². The van der Waals surface area contributed by atoms with Crippen LogP contribution in [0.25, 0.3) is 0 Å². The van der Waals surface area contributed by atoms with Gasteiger partial charge in [0.2, 0.25) is 5.91 Å². The van der Waals surface area contributed by atoms with Gasteiger partial charge >= 0.3 is 6.03 Å². The Morgan fingerprint density at radius 1 is 1.00 bits per heavy atom. The van der Waals surface area contributed by atoms with Crippen LogP contribution >= 0.6 is 0 Å². The number of imide groups is 1. The van der Waals surface area contributed by atoms with E-state index in [4.69, 9.17) is 9.47 Å². The Bertz CT molecular complexity index is 1150. The number of fused-ring (bicyclic) bond motifs is 2. The van der Waals surface area contributed by atoms with Crippen LogP contribution in [-0.4, -0.2) is 60.5 Å². The maximum Gasteiger partial charge on any atom is 0.325 e. The molecule has 8 heteroatoms. The first-order valence-corrected chi connectivity index (χ1v) is 11.2. The number of ether oxygens (including phenoxy) is 2. The molecule has 0 bridgehead atoms. The highest BCUT2D eigenvalue weighted by Gasteiger charge is 2.52. The van der Waals surface area contributed by atoms with Crippen LogP contribution in [0.3, 0.4) is 0 Å². The highest BCUT2D eigenvalue weighted by Crippen LogP contribution is 2.35. The summed E-state index contributed by atoms with van der Waals surface area (Å²) in [5.74, 6) is 0.722. The third kappa shape index (κ3) is 3.59. The van der Waals surface area contributed by atoms with Crippen molar-refractivity contribution in [1.82, 2.24) is 15.1 Å². The largest absolute Gasteiger partial charge is 0.493 e. The Balaban J connectivity index is 1.30. The molecule has 2 heterocycles. The van der Waals surface area contributed by atoms with Crippen LogP contribution in [0.2, 0.25) is 0 Å². The van der Waals surface area contributed by atoms with Crippen LogP contribution in [0.15, 0.2) is 36.4 Å². The summed E-state index contributed by atoms with van der Waals surface area (Å²) in [6.07, 6.45) is 2.38. The molecule has 1 atom stereocenters. The van der Waals surface area contributed by atoms with Gasteiger partial charge < -0.3 is 19.7 Å². The predicted molar refractivity (Wildman–Crippen MR) is 120 cm³/mol. The summed E-state index contributed by atoms with van der Waals surface area (Å²) >= 11 is 0. The number of benzene rings is 2. The molecular weight excluding hydrogens is 422 g/mol. The average Bonchev–Trinajstić information content (AvgIpc) is 3.06. The van der Waals surface area contributed by atoms with Gasteiger partial charge in [0.25, 0.3) is 5.91 Å². The van der Waals surface area contributed by atoms with Crippen LogP contribution in [0.4, 0.5) is 4.79 Å².